The predicted octanol–water partition coefficient (Wildman–Crippen LogP) is 4.63. The highest BCUT2D eigenvalue weighted by Gasteiger charge is 2.20. The average Bonchev–Trinajstić information content (AvgIpc) is 3.31. The summed E-state index contributed by atoms with van der Waals surface area (Å²) in [6, 6.07) is 22.8. The van der Waals surface area contributed by atoms with Crippen molar-refractivity contribution in [1.82, 2.24) is 15.4 Å². The van der Waals surface area contributed by atoms with Crippen molar-refractivity contribution < 1.29 is 18.8 Å². The number of rotatable bonds is 9. The number of halogens is 1. The molecular formula is C28H30FN3O3. The summed E-state index contributed by atoms with van der Waals surface area (Å²) in [5.74, 6) is 0.311. The molecule has 1 aliphatic heterocycles. The maximum absolute atomic E-state index is 13.4. The number of benzene rings is 3. The van der Waals surface area contributed by atoms with E-state index >= 15 is 0 Å². The van der Waals surface area contributed by atoms with Crippen LogP contribution in [0, 0.1) is 5.82 Å². The van der Waals surface area contributed by atoms with E-state index in [4.69, 9.17) is 9.26 Å². The third-order valence-electron chi connectivity index (χ3n) is 6.48. The molecule has 0 aliphatic carbocycles. The molecule has 6 nitrogen and oxygen atoms in total. The second-order valence-electron chi connectivity index (χ2n) is 9.11. The van der Waals surface area contributed by atoms with Gasteiger partial charge in [-0.05, 0) is 67.9 Å². The highest BCUT2D eigenvalue weighted by atomic mass is 19.1. The van der Waals surface area contributed by atoms with Crippen LogP contribution in [0.2, 0.25) is 0 Å². The number of fused-ring (bicyclic) bond motifs is 1. The summed E-state index contributed by atoms with van der Waals surface area (Å²) < 4.78 is 24.4. The van der Waals surface area contributed by atoms with Crippen LogP contribution in [0.4, 0.5) is 4.39 Å². The maximum atomic E-state index is 13.4. The van der Waals surface area contributed by atoms with Crippen LogP contribution in [0.3, 0.4) is 0 Å². The lowest BCUT2D eigenvalue weighted by molar-refractivity contribution is 0.0979. The number of ether oxygens (including phenoxy) is 1. The van der Waals surface area contributed by atoms with Gasteiger partial charge in [-0.25, -0.2) is 4.39 Å². The first-order chi connectivity index (χ1) is 17.1. The lowest BCUT2D eigenvalue weighted by Gasteiger charge is -2.33. The van der Waals surface area contributed by atoms with Crippen LogP contribution in [0.25, 0.3) is 22.2 Å². The molecule has 7 heteroatoms. The molecule has 1 atom stereocenters. The second kappa shape index (κ2) is 11.0. The molecule has 35 heavy (non-hydrogen) atoms. The first kappa shape index (κ1) is 23.5. The van der Waals surface area contributed by atoms with Crippen LogP contribution in [0.15, 0.2) is 77.3 Å². The van der Waals surface area contributed by atoms with Crippen molar-refractivity contribution in [3.05, 3.63) is 84.2 Å². The van der Waals surface area contributed by atoms with Crippen molar-refractivity contribution in [3.63, 3.8) is 0 Å². The third-order valence-corrected chi connectivity index (χ3v) is 6.48. The summed E-state index contributed by atoms with van der Waals surface area (Å²) >= 11 is 0. The number of aliphatic hydroxyl groups is 1. The van der Waals surface area contributed by atoms with Crippen molar-refractivity contribution in [2.75, 3.05) is 26.2 Å². The molecule has 1 aromatic heterocycles. The molecule has 2 N–H and O–H groups in total. The minimum absolute atomic E-state index is 0.214. The molecule has 2 heterocycles. The Morgan fingerprint density at radius 2 is 1.83 bits per heavy atom. The number of hydrogen-bond acceptors (Lipinski definition) is 6. The SMILES string of the molecule is O[C@H](CNC1CCN(Cc2ccccc2)CC1)COc1ccc(-c2noc3cc(F)ccc23)cc1. The zero-order valence-corrected chi connectivity index (χ0v) is 19.6. The van der Waals surface area contributed by atoms with Gasteiger partial charge in [0.2, 0.25) is 0 Å². The Balaban J connectivity index is 1.04. The summed E-state index contributed by atoms with van der Waals surface area (Å²) in [7, 11) is 0. The van der Waals surface area contributed by atoms with Crippen molar-refractivity contribution in [2.45, 2.75) is 31.5 Å². The van der Waals surface area contributed by atoms with Crippen LogP contribution >= 0.6 is 0 Å². The number of piperidine rings is 1. The fraction of sp³-hybridized carbons (Fsp3) is 0.321. The Morgan fingerprint density at radius 1 is 1.06 bits per heavy atom. The van der Waals surface area contributed by atoms with Gasteiger partial charge in [-0.2, -0.15) is 0 Å². The van der Waals surface area contributed by atoms with Gasteiger partial charge in [0.1, 0.15) is 30.0 Å². The highest BCUT2D eigenvalue weighted by Crippen LogP contribution is 2.29. The summed E-state index contributed by atoms with van der Waals surface area (Å²) in [5.41, 5.74) is 3.27. The molecule has 4 aromatic rings. The van der Waals surface area contributed by atoms with E-state index < -0.39 is 6.10 Å². The molecule has 3 aromatic carbocycles. The van der Waals surface area contributed by atoms with Gasteiger partial charge >= 0.3 is 0 Å². The van der Waals surface area contributed by atoms with Crippen LogP contribution in [-0.4, -0.2) is 53.6 Å². The Labute approximate surface area is 204 Å². The van der Waals surface area contributed by atoms with Crippen LogP contribution < -0.4 is 10.1 Å². The summed E-state index contributed by atoms with van der Waals surface area (Å²) in [6.07, 6.45) is 1.56. The standard InChI is InChI=1S/C28H30FN3O3/c29-22-8-11-26-27(16-22)35-31-28(26)21-6-9-25(10-7-21)34-19-24(33)17-30-23-12-14-32(15-13-23)18-20-4-2-1-3-5-20/h1-11,16,23-24,30,33H,12-15,17-19H2/t24-/m1/s1. The molecule has 1 fully saturated rings. The summed E-state index contributed by atoms with van der Waals surface area (Å²) in [4.78, 5) is 2.48. The number of nitrogens with one attached hydrogen (secondary N) is 1. The monoisotopic (exact) mass is 475 g/mol. The largest absolute Gasteiger partial charge is 0.491 e. The molecule has 0 amide bonds. The highest BCUT2D eigenvalue weighted by molar-refractivity contribution is 5.91. The molecule has 1 saturated heterocycles. The van der Waals surface area contributed by atoms with Gasteiger partial charge in [0, 0.05) is 36.1 Å². The van der Waals surface area contributed by atoms with Crippen molar-refractivity contribution in [1.29, 1.82) is 0 Å². The van der Waals surface area contributed by atoms with E-state index in [0.717, 1.165) is 43.4 Å². The number of aliphatic hydroxyl groups excluding tert-OH is 1. The van der Waals surface area contributed by atoms with E-state index in [9.17, 15) is 9.50 Å². The third kappa shape index (κ3) is 6.06. The fourth-order valence-corrected chi connectivity index (χ4v) is 4.52. The topological polar surface area (TPSA) is 70.8 Å². The fourth-order valence-electron chi connectivity index (χ4n) is 4.52. The first-order valence-electron chi connectivity index (χ1n) is 12.1. The second-order valence-corrected chi connectivity index (χ2v) is 9.11. The Hall–Kier alpha value is -3.26. The lowest BCUT2D eigenvalue weighted by atomic mass is 10.0. The number of hydrogen-bond donors (Lipinski definition) is 2. The minimum Gasteiger partial charge on any atom is -0.491 e. The van der Waals surface area contributed by atoms with Gasteiger partial charge in [-0.3, -0.25) is 4.90 Å². The predicted molar refractivity (Wildman–Crippen MR) is 134 cm³/mol. The molecular weight excluding hydrogens is 445 g/mol. The Kier molecular flexibility index (Phi) is 7.37. The molecule has 182 valence electrons. The molecule has 1 aliphatic rings. The van der Waals surface area contributed by atoms with E-state index in [-0.39, 0.29) is 12.4 Å². The van der Waals surface area contributed by atoms with E-state index in [1.165, 1.54) is 17.7 Å². The van der Waals surface area contributed by atoms with E-state index in [1.54, 1.807) is 6.07 Å². The molecule has 0 bridgehead atoms. The zero-order chi connectivity index (χ0) is 24.0. The summed E-state index contributed by atoms with van der Waals surface area (Å²) in [5, 5.41) is 18.7. The van der Waals surface area contributed by atoms with Crippen molar-refractivity contribution >= 4 is 11.0 Å². The number of aromatic nitrogens is 1. The molecule has 0 unspecified atom stereocenters. The van der Waals surface area contributed by atoms with Gasteiger partial charge in [0.15, 0.2) is 5.58 Å². The quantitative estimate of drug-likeness (QED) is 0.368. The van der Waals surface area contributed by atoms with Gasteiger partial charge in [0.05, 0.1) is 0 Å². The van der Waals surface area contributed by atoms with Crippen molar-refractivity contribution in [3.8, 4) is 17.0 Å². The van der Waals surface area contributed by atoms with Gasteiger partial charge in [0.25, 0.3) is 0 Å². The Bertz CT molecular complexity index is 1220. The Morgan fingerprint density at radius 3 is 2.60 bits per heavy atom. The number of nitrogens with zero attached hydrogens (tertiary/aromatic N) is 2. The van der Waals surface area contributed by atoms with Crippen LogP contribution in [0.5, 0.6) is 5.75 Å². The zero-order valence-electron chi connectivity index (χ0n) is 19.6. The first-order valence-corrected chi connectivity index (χ1v) is 12.1. The van der Waals surface area contributed by atoms with Crippen LogP contribution in [-0.2, 0) is 6.54 Å². The maximum Gasteiger partial charge on any atom is 0.170 e. The molecule has 0 spiro atoms. The van der Waals surface area contributed by atoms with Crippen molar-refractivity contribution in [2.24, 2.45) is 0 Å². The number of likely N-dealkylation sites (tertiary alicyclic amines) is 1. The summed E-state index contributed by atoms with van der Waals surface area (Å²) in [6.45, 7) is 3.82. The van der Waals surface area contributed by atoms with E-state index in [2.05, 4.69) is 39.6 Å². The van der Waals surface area contributed by atoms with Gasteiger partial charge in [-0.1, -0.05) is 35.5 Å². The minimum atomic E-state index is -0.591. The van der Waals surface area contributed by atoms with E-state index in [0.29, 0.717) is 29.6 Å². The van der Waals surface area contributed by atoms with E-state index in [1.807, 2.05) is 30.3 Å². The van der Waals surface area contributed by atoms with Gasteiger partial charge in [-0.15, -0.1) is 0 Å². The molecule has 0 saturated carbocycles. The average molecular weight is 476 g/mol. The lowest BCUT2D eigenvalue weighted by Crippen LogP contribution is -2.45. The molecule has 0 radical (unpaired) electrons. The normalized spacial score (nSPS) is 15.9. The van der Waals surface area contributed by atoms with Gasteiger partial charge < -0.3 is 19.7 Å². The smallest absolute Gasteiger partial charge is 0.170 e. The molecule has 5 rings (SSSR count). The van der Waals surface area contributed by atoms with Crippen LogP contribution in [0.1, 0.15) is 18.4 Å².